The molecule has 1 nitrogen and oxygen atoms in total. The summed E-state index contributed by atoms with van der Waals surface area (Å²) in [5.74, 6) is 0.834. The minimum Gasteiger partial charge on any atom is -0.496 e. The molecule has 0 aliphatic carbocycles. The summed E-state index contributed by atoms with van der Waals surface area (Å²) in [6, 6.07) is 9.63. The van der Waals surface area contributed by atoms with Crippen LogP contribution in [0.3, 0.4) is 0 Å². The highest BCUT2D eigenvalue weighted by Crippen LogP contribution is 2.39. The van der Waals surface area contributed by atoms with E-state index in [0.29, 0.717) is 15.1 Å². The molecule has 2 aromatic rings. The van der Waals surface area contributed by atoms with Crippen LogP contribution in [0.4, 0.5) is 0 Å². The molecule has 1 aromatic heterocycles. The monoisotopic (exact) mass is 320 g/mol. The first-order valence-corrected chi connectivity index (χ1v) is 7.33. The number of para-hydroxylation sites is 1. The third-order valence-electron chi connectivity index (χ3n) is 2.61. The van der Waals surface area contributed by atoms with Crippen molar-refractivity contribution in [2.45, 2.75) is 11.8 Å². The number of benzene rings is 1. The zero-order valence-electron chi connectivity index (χ0n) is 9.62. The van der Waals surface area contributed by atoms with Gasteiger partial charge in [-0.05, 0) is 24.1 Å². The highest BCUT2D eigenvalue weighted by molar-refractivity contribution is 7.20. The molecule has 18 heavy (non-hydrogen) atoms. The van der Waals surface area contributed by atoms with E-state index >= 15 is 0 Å². The summed E-state index contributed by atoms with van der Waals surface area (Å²) in [5.41, 5.74) is 1.93. The van der Waals surface area contributed by atoms with Gasteiger partial charge in [0.15, 0.2) is 0 Å². The van der Waals surface area contributed by atoms with Crippen molar-refractivity contribution in [3.8, 4) is 5.75 Å². The van der Waals surface area contributed by atoms with Gasteiger partial charge in [-0.2, -0.15) is 0 Å². The maximum atomic E-state index is 6.40. The number of hydrogen-bond acceptors (Lipinski definition) is 2. The molecule has 0 radical (unpaired) electrons. The summed E-state index contributed by atoms with van der Waals surface area (Å²) in [6.07, 6.45) is 0.651. The van der Waals surface area contributed by atoms with Gasteiger partial charge < -0.3 is 4.74 Å². The number of rotatable bonds is 4. The summed E-state index contributed by atoms with van der Waals surface area (Å²) >= 11 is 19.7. The van der Waals surface area contributed by atoms with Crippen LogP contribution in [0.25, 0.3) is 0 Å². The largest absolute Gasteiger partial charge is 0.496 e. The molecule has 0 aliphatic rings. The summed E-state index contributed by atoms with van der Waals surface area (Å²) in [7, 11) is 1.65. The molecule has 0 spiro atoms. The lowest BCUT2D eigenvalue weighted by Gasteiger charge is -2.12. The standard InChI is InChI=1S/C13H11Cl3OS/c1-17-11-5-3-2-4-8(11)6-10(14)9-7-12(15)18-13(9)16/h2-5,7,10H,6H2,1H3. The molecule has 0 aliphatic heterocycles. The van der Waals surface area contributed by atoms with E-state index in [0.717, 1.165) is 16.9 Å². The minimum atomic E-state index is -0.211. The molecule has 1 heterocycles. The Hall–Kier alpha value is -0.410. The van der Waals surface area contributed by atoms with Crippen molar-refractivity contribution in [2.75, 3.05) is 7.11 Å². The molecule has 0 saturated carbocycles. The van der Waals surface area contributed by atoms with Crippen molar-refractivity contribution >= 4 is 46.1 Å². The highest BCUT2D eigenvalue weighted by atomic mass is 35.5. The first kappa shape index (κ1) is 14.0. The van der Waals surface area contributed by atoms with Crippen LogP contribution in [0.15, 0.2) is 30.3 Å². The molecule has 5 heteroatoms. The molecule has 0 amide bonds. The zero-order valence-corrected chi connectivity index (χ0v) is 12.7. The number of alkyl halides is 1. The SMILES string of the molecule is COc1ccccc1CC(Cl)c1cc(Cl)sc1Cl. The Bertz CT molecular complexity index is 539. The number of ether oxygens (including phenoxy) is 1. The number of hydrogen-bond donors (Lipinski definition) is 0. The Morgan fingerprint density at radius 1 is 1.28 bits per heavy atom. The van der Waals surface area contributed by atoms with Crippen molar-refractivity contribution in [3.05, 3.63) is 50.1 Å². The van der Waals surface area contributed by atoms with Crippen LogP contribution < -0.4 is 4.74 Å². The summed E-state index contributed by atoms with van der Waals surface area (Å²) in [5, 5.41) is -0.211. The van der Waals surface area contributed by atoms with Gasteiger partial charge in [-0.1, -0.05) is 41.4 Å². The molecule has 96 valence electrons. The van der Waals surface area contributed by atoms with Crippen molar-refractivity contribution in [3.63, 3.8) is 0 Å². The van der Waals surface area contributed by atoms with Crippen LogP contribution in [0, 0.1) is 0 Å². The normalized spacial score (nSPS) is 12.4. The fourth-order valence-electron chi connectivity index (χ4n) is 1.74. The maximum absolute atomic E-state index is 6.40. The Morgan fingerprint density at radius 3 is 2.61 bits per heavy atom. The lowest BCUT2D eigenvalue weighted by molar-refractivity contribution is 0.409. The van der Waals surface area contributed by atoms with Gasteiger partial charge in [0, 0.05) is 5.56 Å². The van der Waals surface area contributed by atoms with E-state index in [1.807, 2.05) is 30.3 Å². The second kappa shape index (κ2) is 6.16. The predicted molar refractivity (Wildman–Crippen MR) is 79.6 cm³/mol. The molecule has 2 rings (SSSR count). The zero-order chi connectivity index (χ0) is 13.1. The molecule has 1 aromatic carbocycles. The fraction of sp³-hybridized carbons (Fsp3) is 0.231. The van der Waals surface area contributed by atoms with Crippen LogP contribution >= 0.6 is 46.1 Å². The number of thiophene rings is 1. The molecular formula is C13H11Cl3OS. The second-order valence-electron chi connectivity index (χ2n) is 3.76. The van der Waals surface area contributed by atoms with E-state index in [4.69, 9.17) is 39.5 Å². The summed E-state index contributed by atoms with van der Waals surface area (Å²) in [6.45, 7) is 0. The number of methoxy groups -OCH3 is 1. The molecule has 0 bridgehead atoms. The summed E-state index contributed by atoms with van der Waals surface area (Å²) in [4.78, 5) is 0. The molecule has 1 unspecified atom stereocenters. The Kier molecular flexibility index (Phi) is 4.79. The van der Waals surface area contributed by atoms with E-state index < -0.39 is 0 Å². The van der Waals surface area contributed by atoms with Crippen molar-refractivity contribution < 1.29 is 4.74 Å². The average molecular weight is 322 g/mol. The van der Waals surface area contributed by atoms with Gasteiger partial charge in [0.2, 0.25) is 0 Å². The van der Waals surface area contributed by atoms with Crippen molar-refractivity contribution in [1.82, 2.24) is 0 Å². The lowest BCUT2D eigenvalue weighted by Crippen LogP contribution is -1.98. The Labute approximate surface area is 125 Å². The van der Waals surface area contributed by atoms with Crippen LogP contribution in [-0.2, 0) is 6.42 Å². The van der Waals surface area contributed by atoms with Gasteiger partial charge in [0.05, 0.1) is 21.2 Å². The van der Waals surface area contributed by atoms with E-state index in [-0.39, 0.29) is 5.38 Å². The Balaban J connectivity index is 2.21. The van der Waals surface area contributed by atoms with Gasteiger partial charge in [-0.15, -0.1) is 22.9 Å². The first-order chi connectivity index (χ1) is 8.61. The van der Waals surface area contributed by atoms with Gasteiger partial charge in [-0.3, -0.25) is 0 Å². The van der Waals surface area contributed by atoms with E-state index in [1.165, 1.54) is 11.3 Å². The average Bonchev–Trinajstić information content (AvgIpc) is 2.69. The molecule has 0 fully saturated rings. The topological polar surface area (TPSA) is 9.23 Å². The quantitative estimate of drug-likeness (QED) is 0.667. The van der Waals surface area contributed by atoms with Crippen LogP contribution in [0.2, 0.25) is 8.67 Å². The van der Waals surface area contributed by atoms with E-state index in [9.17, 15) is 0 Å². The molecule has 0 N–H and O–H groups in total. The lowest BCUT2D eigenvalue weighted by atomic mass is 10.1. The van der Waals surface area contributed by atoms with Gasteiger partial charge in [0.1, 0.15) is 5.75 Å². The van der Waals surface area contributed by atoms with Crippen molar-refractivity contribution in [2.24, 2.45) is 0 Å². The smallest absolute Gasteiger partial charge is 0.122 e. The third-order valence-corrected chi connectivity index (χ3v) is 4.52. The fourth-order valence-corrected chi connectivity index (χ4v) is 3.78. The Morgan fingerprint density at radius 2 is 2.00 bits per heavy atom. The van der Waals surface area contributed by atoms with E-state index in [1.54, 1.807) is 7.11 Å². The first-order valence-electron chi connectivity index (χ1n) is 5.32. The maximum Gasteiger partial charge on any atom is 0.122 e. The predicted octanol–water partition coefficient (Wildman–Crippen LogP) is 5.59. The van der Waals surface area contributed by atoms with E-state index in [2.05, 4.69) is 0 Å². The van der Waals surface area contributed by atoms with Crippen LogP contribution in [0.5, 0.6) is 5.75 Å². The summed E-state index contributed by atoms with van der Waals surface area (Å²) < 4.78 is 6.60. The van der Waals surface area contributed by atoms with Gasteiger partial charge in [0.25, 0.3) is 0 Å². The van der Waals surface area contributed by atoms with Crippen LogP contribution in [0.1, 0.15) is 16.5 Å². The number of halogens is 3. The third kappa shape index (κ3) is 3.12. The van der Waals surface area contributed by atoms with Gasteiger partial charge >= 0.3 is 0 Å². The minimum absolute atomic E-state index is 0.211. The van der Waals surface area contributed by atoms with Crippen LogP contribution in [-0.4, -0.2) is 7.11 Å². The second-order valence-corrected chi connectivity index (χ2v) is 6.58. The molecule has 0 saturated heterocycles. The van der Waals surface area contributed by atoms with Gasteiger partial charge in [-0.25, -0.2) is 0 Å². The molecular weight excluding hydrogens is 311 g/mol. The highest BCUT2D eigenvalue weighted by Gasteiger charge is 2.17. The molecule has 1 atom stereocenters. The van der Waals surface area contributed by atoms with Crippen molar-refractivity contribution in [1.29, 1.82) is 0 Å².